The Morgan fingerprint density at radius 1 is 0.875 bits per heavy atom. The lowest BCUT2D eigenvalue weighted by atomic mass is 9.59. The molecule has 0 bridgehead atoms. The van der Waals surface area contributed by atoms with Crippen LogP contribution in [0.2, 0.25) is 0 Å². The maximum Gasteiger partial charge on any atom is 0.115 e. The van der Waals surface area contributed by atoms with E-state index in [1.165, 1.54) is 30.4 Å². The molecule has 0 radical (unpaired) electrons. The molecule has 2 unspecified atom stereocenters. The van der Waals surface area contributed by atoms with Crippen molar-refractivity contribution in [3.63, 3.8) is 0 Å². The molecule has 1 aliphatic rings. The lowest BCUT2D eigenvalue weighted by Crippen LogP contribution is -2.37. The summed E-state index contributed by atoms with van der Waals surface area (Å²) >= 11 is 0. The van der Waals surface area contributed by atoms with Crippen molar-refractivity contribution in [2.75, 3.05) is 0 Å². The highest BCUT2D eigenvalue weighted by Crippen LogP contribution is 2.50. The lowest BCUT2D eigenvalue weighted by Gasteiger charge is -2.45. The zero-order valence-corrected chi connectivity index (χ0v) is 14.7. The zero-order chi connectivity index (χ0) is 17.2. The second-order valence-corrected chi connectivity index (χ2v) is 7.58. The van der Waals surface area contributed by atoms with Crippen LogP contribution in [-0.4, -0.2) is 10.2 Å². The molecule has 0 spiro atoms. The fraction of sp³-hybridized carbons (Fsp3) is 0.455. The van der Waals surface area contributed by atoms with Gasteiger partial charge < -0.3 is 10.2 Å². The number of benzene rings is 2. The van der Waals surface area contributed by atoms with Crippen LogP contribution in [0.5, 0.6) is 11.5 Å². The standard InChI is InChI=1S/C22H28O2/c1-3-4-17-13-16(2)14-22(15-17,18-5-9-20(23)10-6-18)19-7-11-21(24)12-8-19/h5-12,16-17,23-24H,3-4,13-15H2,1-2H3. The number of hydrogen-bond acceptors (Lipinski definition) is 2. The Bertz CT molecular complexity index is 612. The zero-order valence-electron chi connectivity index (χ0n) is 14.7. The minimum atomic E-state index is -0.0289. The lowest BCUT2D eigenvalue weighted by molar-refractivity contribution is 0.189. The van der Waals surface area contributed by atoms with E-state index in [-0.39, 0.29) is 5.41 Å². The molecule has 128 valence electrons. The molecule has 0 aliphatic heterocycles. The van der Waals surface area contributed by atoms with Crippen molar-refractivity contribution in [3.8, 4) is 11.5 Å². The smallest absolute Gasteiger partial charge is 0.115 e. The number of phenols is 2. The highest BCUT2D eigenvalue weighted by Gasteiger charge is 2.41. The molecule has 2 aromatic rings. The van der Waals surface area contributed by atoms with E-state index in [0.29, 0.717) is 17.4 Å². The molecule has 3 rings (SSSR count). The van der Waals surface area contributed by atoms with Crippen molar-refractivity contribution >= 4 is 0 Å². The van der Waals surface area contributed by atoms with Crippen LogP contribution in [0.15, 0.2) is 48.5 Å². The van der Waals surface area contributed by atoms with Gasteiger partial charge in [0.05, 0.1) is 0 Å². The Morgan fingerprint density at radius 3 is 1.83 bits per heavy atom. The summed E-state index contributed by atoms with van der Waals surface area (Å²) in [6.45, 7) is 4.62. The Kier molecular flexibility index (Phi) is 4.84. The minimum absolute atomic E-state index is 0.0289. The summed E-state index contributed by atoms with van der Waals surface area (Å²) in [6, 6.07) is 15.5. The number of aromatic hydroxyl groups is 2. The number of hydrogen-bond donors (Lipinski definition) is 2. The van der Waals surface area contributed by atoms with Crippen molar-refractivity contribution < 1.29 is 10.2 Å². The van der Waals surface area contributed by atoms with Gasteiger partial charge in [-0.2, -0.15) is 0 Å². The molecule has 0 amide bonds. The van der Waals surface area contributed by atoms with Crippen LogP contribution in [0.1, 0.15) is 57.1 Å². The summed E-state index contributed by atoms with van der Waals surface area (Å²) in [6.07, 6.45) is 6.04. The Labute approximate surface area is 145 Å². The van der Waals surface area contributed by atoms with Crippen LogP contribution < -0.4 is 0 Å². The summed E-state index contributed by atoms with van der Waals surface area (Å²) in [5, 5.41) is 19.4. The van der Waals surface area contributed by atoms with Gasteiger partial charge in [0, 0.05) is 5.41 Å². The third kappa shape index (κ3) is 3.28. The van der Waals surface area contributed by atoms with Gasteiger partial charge in [-0.3, -0.25) is 0 Å². The highest BCUT2D eigenvalue weighted by molar-refractivity contribution is 5.43. The Balaban J connectivity index is 2.09. The monoisotopic (exact) mass is 324 g/mol. The van der Waals surface area contributed by atoms with Crippen LogP contribution in [0, 0.1) is 11.8 Å². The van der Waals surface area contributed by atoms with Gasteiger partial charge in [0.2, 0.25) is 0 Å². The number of rotatable bonds is 4. The van der Waals surface area contributed by atoms with Crippen molar-refractivity contribution in [1.82, 2.24) is 0 Å². The maximum atomic E-state index is 9.70. The van der Waals surface area contributed by atoms with Gasteiger partial charge in [-0.05, 0) is 66.5 Å². The molecule has 2 nitrogen and oxygen atoms in total. The van der Waals surface area contributed by atoms with E-state index in [4.69, 9.17) is 0 Å². The fourth-order valence-corrected chi connectivity index (χ4v) is 4.73. The topological polar surface area (TPSA) is 40.5 Å². The fourth-order valence-electron chi connectivity index (χ4n) is 4.73. The van der Waals surface area contributed by atoms with Crippen LogP contribution in [0.4, 0.5) is 0 Å². The van der Waals surface area contributed by atoms with Gasteiger partial charge in [-0.25, -0.2) is 0 Å². The van der Waals surface area contributed by atoms with E-state index in [0.717, 1.165) is 18.8 Å². The van der Waals surface area contributed by atoms with Crippen molar-refractivity contribution in [2.24, 2.45) is 11.8 Å². The molecule has 2 atom stereocenters. The van der Waals surface area contributed by atoms with E-state index < -0.39 is 0 Å². The maximum absolute atomic E-state index is 9.70. The molecule has 0 saturated heterocycles. The minimum Gasteiger partial charge on any atom is -0.508 e. The third-order valence-corrected chi connectivity index (χ3v) is 5.61. The SMILES string of the molecule is CCCC1CC(C)CC(c2ccc(O)cc2)(c2ccc(O)cc2)C1. The first-order valence-electron chi connectivity index (χ1n) is 9.12. The number of phenolic OH excluding ortho intramolecular Hbond substituents is 2. The molecule has 1 aliphatic carbocycles. The van der Waals surface area contributed by atoms with E-state index in [9.17, 15) is 10.2 Å². The normalized spacial score (nSPS) is 23.1. The van der Waals surface area contributed by atoms with Crippen molar-refractivity contribution in [1.29, 1.82) is 0 Å². The summed E-state index contributed by atoms with van der Waals surface area (Å²) in [5.41, 5.74) is 2.52. The molecule has 0 aromatic heterocycles. The third-order valence-electron chi connectivity index (χ3n) is 5.61. The van der Waals surface area contributed by atoms with Gasteiger partial charge in [-0.1, -0.05) is 51.0 Å². The molecular weight excluding hydrogens is 296 g/mol. The second kappa shape index (κ2) is 6.88. The van der Waals surface area contributed by atoms with Crippen molar-refractivity contribution in [3.05, 3.63) is 59.7 Å². The largest absolute Gasteiger partial charge is 0.508 e. The van der Waals surface area contributed by atoms with Crippen molar-refractivity contribution in [2.45, 2.75) is 51.4 Å². The quantitative estimate of drug-likeness (QED) is 0.766. The summed E-state index contributed by atoms with van der Waals surface area (Å²) in [7, 11) is 0. The summed E-state index contributed by atoms with van der Waals surface area (Å²) in [5.74, 6) is 2.02. The molecule has 2 heteroatoms. The van der Waals surface area contributed by atoms with Gasteiger partial charge >= 0.3 is 0 Å². The molecule has 0 heterocycles. The Morgan fingerprint density at radius 2 is 1.38 bits per heavy atom. The Hall–Kier alpha value is -1.96. The van der Waals surface area contributed by atoms with Gasteiger partial charge in [0.25, 0.3) is 0 Å². The van der Waals surface area contributed by atoms with Crippen LogP contribution in [-0.2, 0) is 5.41 Å². The molecular formula is C22H28O2. The molecule has 2 N–H and O–H groups in total. The van der Waals surface area contributed by atoms with E-state index >= 15 is 0 Å². The first-order valence-corrected chi connectivity index (χ1v) is 9.12. The predicted octanol–water partition coefficient (Wildman–Crippen LogP) is 5.62. The molecule has 2 aromatic carbocycles. The van der Waals surface area contributed by atoms with E-state index in [1.54, 1.807) is 24.3 Å². The average Bonchev–Trinajstić information content (AvgIpc) is 2.55. The summed E-state index contributed by atoms with van der Waals surface area (Å²) < 4.78 is 0. The highest BCUT2D eigenvalue weighted by atomic mass is 16.3. The molecule has 1 fully saturated rings. The van der Waals surface area contributed by atoms with Gasteiger partial charge in [0.15, 0.2) is 0 Å². The van der Waals surface area contributed by atoms with Gasteiger partial charge in [-0.15, -0.1) is 0 Å². The molecule has 1 saturated carbocycles. The average molecular weight is 324 g/mol. The molecule has 24 heavy (non-hydrogen) atoms. The first-order chi connectivity index (χ1) is 11.5. The van der Waals surface area contributed by atoms with Crippen LogP contribution >= 0.6 is 0 Å². The first kappa shape index (κ1) is 16.9. The van der Waals surface area contributed by atoms with E-state index in [2.05, 4.69) is 38.1 Å². The predicted molar refractivity (Wildman–Crippen MR) is 98.4 cm³/mol. The second-order valence-electron chi connectivity index (χ2n) is 7.58. The van der Waals surface area contributed by atoms with Gasteiger partial charge in [0.1, 0.15) is 11.5 Å². The van der Waals surface area contributed by atoms with Crippen LogP contribution in [0.25, 0.3) is 0 Å². The van der Waals surface area contributed by atoms with E-state index in [1.807, 2.05) is 0 Å². The van der Waals surface area contributed by atoms with Crippen LogP contribution in [0.3, 0.4) is 0 Å². The summed E-state index contributed by atoms with van der Waals surface area (Å²) in [4.78, 5) is 0.